The average molecular weight is 292 g/mol. The molecule has 3 heteroatoms. The molecule has 1 nitrogen and oxygen atoms in total. The number of benzene rings is 1. The zero-order chi connectivity index (χ0) is 8.97. The van der Waals surface area contributed by atoms with E-state index in [1.807, 2.05) is 29.3 Å². The maximum absolute atomic E-state index is 5.04. The van der Waals surface area contributed by atoms with E-state index in [-0.39, 0.29) is 0 Å². The van der Waals surface area contributed by atoms with Gasteiger partial charge in [-0.25, -0.2) is 0 Å². The summed E-state index contributed by atoms with van der Waals surface area (Å²) in [5, 5.41) is 0. The number of hydrogen-bond acceptors (Lipinski definition) is 1. The Hall–Kier alpha value is -0.280. The van der Waals surface area contributed by atoms with Gasteiger partial charge in [0.25, 0.3) is 0 Å². The molecule has 0 N–H and O–H groups in total. The Morgan fingerprint density at radius 1 is 1.33 bits per heavy atom. The monoisotopic (exact) mass is 290 g/mol. The molecule has 0 aliphatic heterocycles. The van der Waals surface area contributed by atoms with Crippen molar-refractivity contribution in [3.63, 3.8) is 0 Å². The Labute approximate surface area is 88.7 Å². The van der Waals surface area contributed by atoms with Crippen molar-refractivity contribution in [2.45, 2.75) is 0 Å². The fourth-order valence-corrected chi connectivity index (χ4v) is 1.34. The lowest BCUT2D eigenvalue weighted by molar-refractivity contribution is 0.415. The first-order valence-corrected chi connectivity index (χ1v) is 5.09. The molecule has 0 unspecified atom stereocenters. The third kappa shape index (κ3) is 2.35. The molecule has 0 fully saturated rings. The molecule has 0 amide bonds. The third-order valence-corrected chi connectivity index (χ3v) is 3.22. The lowest BCUT2D eigenvalue weighted by atomic mass is 10.2. The van der Waals surface area contributed by atoms with Crippen LogP contribution < -0.4 is 4.74 Å². The molecule has 0 atom stereocenters. The largest absolute Gasteiger partial charge is 0.497 e. The second-order valence-corrected chi connectivity index (χ2v) is 3.50. The van der Waals surface area contributed by atoms with Gasteiger partial charge in [0.15, 0.2) is 0 Å². The summed E-state index contributed by atoms with van der Waals surface area (Å²) in [7, 11) is 1.66. The van der Waals surface area contributed by atoms with Crippen molar-refractivity contribution in [2.75, 3.05) is 7.11 Å². The van der Waals surface area contributed by atoms with Gasteiger partial charge < -0.3 is 4.74 Å². The molecule has 0 aliphatic carbocycles. The molecule has 0 aliphatic rings. The van der Waals surface area contributed by atoms with Gasteiger partial charge in [0.05, 0.1) is 7.11 Å². The van der Waals surface area contributed by atoms with Crippen LogP contribution in [-0.2, 0) is 0 Å². The van der Waals surface area contributed by atoms with E-state index in [4.69, 9.17) is 4.74 Å². The SMILES string of the molecule is COc1ccc(/C(Br)=C\Br)cc1. The van der Waals surface area contributed by atoms with Gasteiger partial charge in [-0.3, -0.25) is 0 Å². The van der Waals surface area contributed by atoms with Gasteiger partial charge in [-0.05, 0) is 38.6 Å². The van der Waals surface area contributed by atoms with Gasteiger partial charge in [-0.2, -0.15) is 0 Å². The number of halogens is 2. The molecular formula is C9H8Br2O. The van der Waals surface area contributed by atoms with Crippen LogP contribution in [0.3, 0.4) is 0 Å². The van der Waals surface area contributed by atoms with Crippen LogP contribution in [-0.4, -0.2) is 7.11 Å². The van der Waals surface area contributed by atoms with Gasteiger partial charge in [0, 0.05) is 4.48 Å². The zero-order valence-electron chi connectivity index (χ0n) is 6.55. The second-order valence-electron chi connectivity index (χ2n) is 2.19. The van der Waals surface area contributed by atoms with Crippen molar-refractivity contribution < 1.29 is 4.74 Å². The van der Waals surface area contributed by atoms with Crippen LogP contribution in [0.1, 0.15) is 5.56 Å². The van der Waals surface area contributed by atoms with Crippen LogP contribution in [0.15, 0.2) is 29.3 Å². The van der Waals surface area contributed by atoms with Crippen molar-refractivity contribution in [2.24, 2.45) is 0 Å². The zero-order valence-corrected chi connectivity index (χ0v) is 9.72. The van der Waals surface area contributed by atoms with E-state index in [9.17, 15) is 0 Å². The summed E-state index contributed by atoms with van der Waals surface area (Å²) in [5.74, 6) is 0.869. The maximum Gasteiger partial charge on any atom is 0.118 e. The standard InChI is InChI=1S/C9H8Br2O/c1-12-8-4-2-7(3-5-8)9(11)6-10/h2-6H,1H3/b9-6+. The Bertz CT molecular complexity index is 277. The van der Waals surface area contributed by atoms with E-state index in [1.165, 1.54) is 0 Å². The lowest BCUT2D eigenvalue weighted by Crippen LogP contribution is -1.82. The van der Waals surface area contributed by atoms with Crippen LogP contribution in [0.25, 0.3) is 4.48 Å². The minimum Gasteiger partial charge on any atom is -0.497 e. The van der Waals surface area contributed by atoms with Crippen molar-refractivity contribution in [3.8, 4) is 5.75 Å². The molecule has 0 aromatic heterocycles. The number of methoxy groups -OCH3 is 1. The Balaban J connectivity index is 2.92. The number of hydrogen-bond donors (Lipinski definition) is 0. The second kappa shape index (κ2) is 4.67. The summed E-state index contributed by atoms with van der Waals surface area (Å²) in [4.78, 5) is 1.83. The minimum atomic E-state index is 0.869. The van der Waals surface area contributed by atoms with Crippen molar-refractivity contribution >= 4 is 36.3 Å². The van der Waals surface area contributed by atoms with Gasteiger partial charge in [0.2, 0.25) is 0 Å². The summed E-state index contributed by atoms with van der Waals surface area (Å²) < 4.78 is 6.05. The Kier molecular flexibility index (Phi) is 3.82. The summed E-state index contributed by atoms with van der Waals surface area (Å²) in [6.45, 7) is 0. The van der Waals surface area contributed by atoms with Crippen molar-refractivity contribution in [1.82, 2.24) is 0 Å². The first-order valence-electron chi connectivity index (χ1n) is 3.38. The molecule has 0 radical (unpaired) electrons. The molecule has 0 heterocycles. The molecule has 0 spiro atoms. The van der Waals surface area contributed by atoms with E-state index >= 15 is 0 Å². The fraction of sp³-hybridized carbons (Fsp3) is 0.111. The molecule has 1 aromatic rings. The normalized spacial score (nSPS) is 11.4. The third-order valence-electron chi connectivity index (χ3n) is 1.46. The van der Waals surface area contributed by atoms with E-state index in [2.05, 4.69) is 31.9 Å². The van der Waals surface area contributed by atoms with Gasteiger partial charge in [-0.15, -0.1) is 0 Å². The smallest absolute Gasteiger partial charge is 0.118 e. The summed E-state index contributed by atoms with van der Waals surface area (Å²) in [5.41, 5.74) is 1.12. The highest BCUT2D eigenvalue weighted by Crippen LogP contribution is 2.24. The maximum atomic E-state index is 5.04. The molecule has 0 bridgehead atoms. The highest BCUT2D eigenvalue weighted by molar-refractivity contribution is 9.16. The molecule has 0 saturated carbocycles. The topological polar surface area (TPSA) is 9.23 Å². The van der Waals surface area contributed by atoms with Crippen LogP contribution in [0, 0.1) is 0 Å². The lowest BCUT2D eigenvalue weighted by Gasteiger charge is -2.00. The first kappa shape index (κ1) is 9.81. The summed E-state index contributed by atoms with van der Waals surface area (Å²) in [6, 6.07) is 7.82. The minimum absolute atomic E-state index is 0.869. The predicted octanol–water partition coefficient (Wildman–Crippen LogP) is 3.78. The Morgan fingerprint density at radius 2 is 1.92 bits per heavy atom. The van der Waals surface area contributed by atoms with E-state index < -0.39 is 0 Å². The van der Waals surface area contributed by atoms with Gasteiger partial charge >= 0.3 is 0 Å². The fourth-order valence-electron chi connectivity index (χ4n) is 0.813. The van der Waals surface area contributed by atoms with Crippen LogP contribution >= 0.6 is 31.9 Å². The van der Waals surface area contributed by atoms with Crippen LogP contribution in [0.2, 0.25) is 0 Å². The Morgan fingerprint density at radius 3 is 2.33 bits per heavy atom. The van der Waals surface area contributed by atoms with Gasteiger partial charge in [0.1, 0.15) is 5.75 Å². The number of rotatable bonds is 2. The summed E-state index contributed by atoms with van der Waals surface area (Å²) >= 11 is 6.65. The van der Waals surface area contributed by atoms with Gasteiger partial charge in [-0.1, -0.05) is 28.1 Å². The average Bonchev–Trinajstić information content (AvgIpc) is 2.17. The molecule has 0 saturated heterocycles. The highest BCUT2D eigenvalue weighted by atomic mass is 79.9. The highest BCUT2D eigenvalue weighted by Gasteiger charge is 1.96. The summed E-state index contributed by atoms with van der Waals surface area (Å²) in [6.07, 6.45) is 0. The molecule has 1 aromatic carbocycles. The van der Waals surface area contributed by atoms with Crippen molar-refractivity contribution in [3.05, 3.63) is 34.8 Å². The van der Waals surface area contributed by atoms with Crippen LogP contribution in [0.5, 0.6) is 5.75 Å². The molecule has 12 heavy (non-hydrogen) atoms. The number of ether oxygens (including phenoxy) is 1. The van der Waals surface area contributed by atoms with E-state index in [0.29, 0.717) is 0 Å². The molecular weight excluding hydrogens is 284 g/mol. The van der Waals surface area contributed by atoms with Crippen molar-refractivity contribution in [1.29, 1.82) is 0 Å². The quantitative estimate of drug-likeness (QED) is 0.806. The molecule has 1 rings (SSSR count). The van der Waals surface area contributed by atoms with E-state index in [0.717, 1.165) is 15.8 Å². The first-order chi connectivity index (χ1) is 5.77. The molecule has 64 valence electrons. The van der Waals surface area contributed by atoms with Crippen LogP contribution in [0.4, 0.5) is 0 Å². The van der Waals surface area contributed by atoms with E-state index in [1.54, 1.807) is 7.11 Å². The predicted molar refractivity (Wildman–Crippen MR) is 58.8 cm³/mol.